The highest BCUT2D eigenvalue weighted by molar-refractivity contribution is 7.99. The van der Waals surface area contributed by atoms with Gasteiger partial charge in [0.2, 0.25) is 5.91 Å². The molecule has 0 unspecified atom stereocenters. The predicted octanol–water partition coefficient (Wildman–Crippen LogP) is 5.00. The molecule has 7 nitrogen and oxygen atoms in total. The molecule has 1 heterocycles. The number of thioether (sulfide) groups is 1. The number of aromatic nitrogens is 3. The summed E-state index contributed by atoms with van der Waals surface area (Å²) < 4.78 is 1.73. The second-order valence-corrected chi connectivity index (χ2v) is 8.79. The zero-order chi connectivity index (χ0) is 22.5. The van der Waals surface area contributed by atoms with Crippen molar-refractivity contribution in [3.05, 3.63) is 68.9 Å². The smallest absolute Gasteiger partial charge is 0.253 e. The van der Waals surface area contributed by atoms with Gasteiger partial charge < -0.3 is 15.2 Å². The average molecular weight is 499 g/mol. The van der Waals surface area contributed by atoms with Crippen LogP contribution in [0.4, 0.5) is 5.69 Å². The van der Waals surface area contributed by atoms with Crippen molar-refractivity contribution in [1.82, 2.24) is 20.1 Å². The number of rotatable bonds is 7. The normalized spacial score (nSPS) is 11.8. The fraction of sp³-hybridized carbons (Fsp3) is 0.200. The van der Waals surface area contributed by atoms with Gasteiger partial charge in [-0.25, -0.2) is 0 Å². The minimum absolute atomic E-state index is 0.149. The van der Waals surface area contributed by atoms with Gasteiger partial charge in [-0.15, -0.1) is 10.2 Å². The molecule has 162 valence electrons. The van der Waals surface area contributed by atoms with Crippen LogP contribution in [-0.4, -0.2) is 32.3 Å². The summed E-state index contributed by atoms with van der Waals surface area (Å²) in [7, 11) is 1.77. The topological polar surface area (TPSA) is 88.9 Å². The minimum Gasteiger partial charge on any atom is -0.342 e. The molecule has 31 heavy (non-hydrogen) atoms. The summed E-state index contributed by atoms with van der Waals surface area (Å²) in [6, 6.07) is 11.1. The van der Waals surface area contributed by atoms with Gasteiger partial charge in [-0.1, -0.05) is 46.6 Å². The second kappa shape index (κ2) is 10.4. The molecule has 1 atom stereocenters. The number of amides is 2. The standard InChI is InChI=1S/C20H18Cl3N5O2S/c1-11(24-19(30)15-8-5-13(22)9-16(15)23)18-26-27-20(28(18)2)31-10-17(29)25-14-6-3-12(21)4-7-14/h3-9,11H,10H2,1-2H3,(H,24,30)(H,25,29)/t11-/m0/s1. The van der Waals surface area contributed by atoms with Gasteiger partial charge in [0, 0.05) is 22.8 Å². The summed E-state index contributed by atoms with van der Waals surface area (Å²) in [5.74, 6) is 0.152. The molecule has 0 saturated heterocycles. The van der Waals surface area contributed by atoms with E-state index in [0.717, 1.165) is 0 Å². The first-order valence-electron chi connectivity index (χ1n) is 9.08. The lowest BCUT2D eigenvalue weighted by Gasteiger charge is -2.14. The highest BCUT2D eigenvalue weighted by atomic mass is 35.5. The van der Waals surface area contributed by atoms with Gasteiger partial charge in [0.1, 0.15) is 0 Å². The Morgan fingerprint density at radius 2 is 1.74 bits per heavy atom. The lowest BCUT2D eigenvalue weighted by molar-refractivity contribution is -0.113. The number of benzene rings is 2. The third kappa shape index (κ3) is 6.13. The Hall–Kier alpha value is -2.26. The Kier molecular flexibility index (Phi) is 7.83. The van der Waals surface area contributed by atoms with Gasteiger partial charge in [0.05, 0.1) is 22.4 Å². The van der Waals surface area contributed by atoms with Gasteiger partial charge in [0.15, 0.2) is 11.0 Å². The minimum atomic E-state index is -0.436. The summed E-state index contributed by atoms with van der Waals surface area (Å²) in [6.45, 7) is 1.79. The van der Waals surface area contributed by atoms with Crippen molar-refractivity contribution in [2.45, 2.75) is 18.1 Å². The average Bonchev–Trinajstić information content (AvgIpc) is 3.08. The van der Waals surface area contributed by atoms with Crippen LogP contribution < -0.4 is 10.6 Å². The van der Waals surface area contributed by atoms with Crippen molar-refractivity contribution in [3.8, 4) is 0 Å². The zero-order valence-corrected chi connectivity index (χ0v) is 19.6. The summed E-state index contributed by atoms with van der Waals surface area (Å²) in [4.78, 5) is 24.7. The number of carbonyl (C=O) groups excluding carboxylic acids is 2. The number of halogens is 3. The van der Waals surface area contributed by atoms with E-state index in [9.17, 15) is 9.59 Å². The van der Waals surface area contributed by atoms with E-state index in [-0.39, 0.29) is 22.6 Å². The van der Waals surface area contributed by atoms with E-state index in [4.69, 9.17) is 34.8 Å². The summed E-state index contributed by atoms with van der Waals surface area (Å²) in [5, 5.41) is 15.7. The monoisotopic (exact) mass is 497 g/mol. The Labute approximate surface area is 198 Å². The molecule has 0 fully saturated rings. The van der Waals surface area contributed by atoms with Crippen molar-refractivity contribution in [2.75, 3.05) is 11.1 Å². The molecule has 11 heteroatoms. The molecule has 2 amide bonds. The SMILES string of the molecule is C[C@H](NC(=O)c1ccc(Cl)cc1Cl)c1nnc(SCC(=O)Nc2ccc(Cl)cc2)n1C. The Morgan fingerprint density at radius 1 is 1.06 bits per heavy atom. The van der Waals surface area contributed by atoms with Gasteiger partial charge in [-0.05, 0) is 49.4 Å². The predicted molar refractivity (Wildman–Crippen MR) is 124 cm³/mol. The molecule has 0 aliphatic carbocycles. The lowest BCUT2D eigenvalue weighted by atomic mass is 10.2. The maximum Gasteiger partial charge on any atom is 0.253 e. The molecule has 2 N–H and O–H groups in total. The van der Waals surface area contributed by atoms with Crippen molar-refractivity contribution in [3.63, 3.8) is 0 Å². The number of anilines is 1. The molecular formula is C20H18Cl3N5O2S. The molecule has 0 aliphatic rings. The summed E-state index contributed by atoms with van der Waals surface area (Å²) >= 11 is 19.1. The van der Waals surface area contributed by atoms with E-state index in [1.54, 1.807) is 54.9 Å². The molecule has 3 rings (SSSR count). The van der Waals surface area contributed by atoms with E-state index in [1.807, 2.05) is 0 Å². The number of carbonyl (C=O) groups is 2. The molecule has 0 saturated carbocycles. The van der Waals surface area contributed by atoms with Crippen LogP contribution in [0.25, 0.3) is 0 Å². The van der Waals surface area contributed by atoms with Gasteiger partial charge >= 0.3 is 0 Å². The lowest BCUT2D eigenvalue weighted by Crippen LogP contribution is -2.28. The number of hydrogen-bond donors (Lipinski definition) is 2. The number of nitrogens with zero attached hydrogens (tertiary/aromatic N) is 3. The maximum atomic E-state index is 12.5. The Bertz CT molecular complexity index is 1100. The first-order valence-corrected chi connectivity index (χ1v) is 11.2. The molecule has 0 spiro atoms. The summed E-state index contributed by atoms with van der Waals surface area (Å²) in [6.07, 6.45) is 0. The molecule has 2 aromatic carbocycles. The number of nitrogens with one attached hydrogen (secondary N) is 2. The van der Waals surface area contributed by atoms with Crippen LogP contribution in [0, 0.1) is 0 Å². The van der Waals surface area contributed by atoms with E-state index in [2.05, 4.69) is 20.8 Å². The van der Waals surface area contributed by atoms with Crippen LogP contribution in [0.3, 0.4) is 0 Å². The van der Waals surface area contributed by atoms with Crippen molar-refractivity contribution < 1.29 is 9.59 Å². The van der Waals surface area contributed by atoms with Gasteiger partial charge in [-0.3, -0.25) is 9.59 Å². The molecule has 0 aliphatic heterocycles. The highest BCUT2D eigenvalue weighted by Crippen LogP contribution is 2.23. The molecular weight excluding hydrogens is 481 g/mol. The fourth-order valence-corrected chi connectivity index (χ4v) is 4.04. The first kappa shape index (κ1) is 23.4. The van der Waals surface area contributed by atoms with Crippen molar-refractivity contribution >= 4 is 64.1 Å². The van der Waals surface area contributed by atoms with Crippen LogP contribution in [0.2, 0.25) is 15.1 Å². The first-order chi connectivity index (χ1) is 14.7. The largest absolute Gasteiger partial charge is 0.342 e. The molecule has 1 aromatic heterocycles. The van der Waals surface area contributed by atoms with Crippen molar-refractivity contribution in [1.29, 1.82) is 0 Å². The van der Waals surface area contributed by atoms with Crippen LogP contribution in [0.5, 0.6) is 0 Å². The molecule has 0 bridgehead atoms. The Balaban J connectivity index is 1.59. The van der Waals surface area contributed by atoms with E-state index < -0.39 is 6.04 Å². The van der Waals surface area contributed by atoms with Crippen LogP contribution >= 0.6 is 46.6 Å². The van der Waals surface area contributed by atoms with Gasteiger partial charge in [-0.2, -0.15) is 0 Å². The summed E-state index contributed by atoms with van der Waals surface area (Å²) in [5.41, 5.74) is 0.972. The highest BCUT2D eigenvalue weighted by Gasteiger charge is 2.20. The van der Waals surface area contributed by atoms with Crippen molar-refractivity contribution in [2.24, 2.45) is 7.05 Å². The van der Waals surface area contributed by atoms with Gasteiger partial charge in [0.25, 0.3) is 5.91 Å². The van der Waals surface area contributed by atoms with E-state index in [1.165, 1.54) is 17.8 Å². The quantitative estimate of drug-likeness (QED) is 0.448. The van der Waals surface area contributed by atoms with E-state index in [0.29, 0.717) is 32.3 Å². The van der Waals surface area contributed by atoms with Crippen LogP contribution in [0.1, 0.15) is 29.1 Å². The zero-order valence-electron chi connectivity index (χ0n) is 16.5. The third-order valence-corrected chi connectivity index (χ3v) is 6.06. The maximum absolute atomic E-state index is 12.5. The molecule has 3 aromatic rings. The van der Waals surface area contributed by atoms with E-state index >= 15 is 0 Å². The number of hydrogen-bond acceptors (Lipinski definition) is 5. The molecule has 0 radical (unpaired) electrons. The third-order valence-electron chi connectivity index (χ3n) is 4.24. The Morgan fingerprint density at radius 3 is 2.42 bits per heavy atom. The fourth-order valence-electron chi connectivity index (χ4n) is 2.70. The second-order valence-electron chi connectivity index (χ2n) is 6.56. The van der Waals surface area contributed by atoms with Crippen LogP contribution in [-0.2, 0) is 11.8 Å². The van der Waals surface area contributed by atoms with Crippen LogP contribution in [0.15, 0.2) is 47.6 Å².